The molecule has 0 spiro atoms. The second-order valence-electron chi connectivity index (χ2n) is 4.47. The number of carbonyl (C=O) groups excluding carboxylic acids is 1. The molecular formula is C15H16N2O2. The predicted octanol–water partition coefficient (Wildman–Crippen LogP) is 2.46. The maximum absolute atomic E-state index is 11.9. The van der Waals surface area contributed by atoms with Crippen molar-refractivity contribution in [2.75, 3.05) is 11.1 Å². The number of aryl methyl sites for hydroxylation is 1. The molecule has 2 aromatic carbocycles. The van der Waals surface area contributed by atoms with E-state index in [-0.39, 0.29) is 18.1 Å². The van der Waals surface area contributed by atoms with Crippen molar-refractivity contribution in [2.45, 2.75) is 13.3 Å². The van der Waals surface area contributed by atoms with Crippen molar-refractivity contribution in [2.24, 2.45) is 0 Å². The maximum atomic E-state index is 11.9. The number of rotatable bonds is 3. The molecule has 0 saturated carbocycles. The van der Waals surface area contributed by atoms with Crippen molar-refractivity contribution >= 4 is 17.3 Å². The SMILES string of the molecule is Cc1cc(N)ccc1NC(=O)Cc1cccc(O)c1. The van der Waals surface area contributed by atoms with Gasteiger partial charge in [-0.25, -0.2) is 0 Å². The van der Waals surface area contributed by atoms with Gasteiger partial charge in [-0.15, -0.1) is 0 Å². The third kappa shape index (κ3) is 3.48. The van der Waals surface area contributed by atoms with Crippen molar-refractivity contribution in [3.63, 3.8) is 0 Å². The number of nitrogens with two attached hydrogens (primary N) is 1. The summed E-state index contributed by atoms with van der Waals surface area (Å²) in [6.07, 6.45) is 0.220. The number of phenols is 1. The molecule has 0 aliphatic rings. The summed E-state index contributed by atoms with van der Waals surface area (Å²) >= 11 is 0. The number of amides is 1. The van der Waals surface area contributed by atoms with Crippen LogP contribution in [0.5, 0.6) is 5.75 Å². The van der Waals surface area contributed by atoms with E-state index in [0.29, 0.717) is 5.69 Å². The minimum Gasteiger partial charge on any atom is -0.508 e. The molecule has 0 atom stereocenters. The number of hydrogen-bond donors (Lipinski definition) is 3. The van der Waals surface area contributed by atoms with Gasteiger partial charge in [-0.2, -0.15) is 0 Å². The van der Waals surface area contributed by atoms with Crippen LogP contribution in [0.4, 0.5) is 11.4 Å². The van der Waals surface area contributed by atoms with E-state index < -0.39 is 0 Å². The normalized spacial score (nSPS) is 10.2. The quantitative estimate of drug-likeness (QED) is 0.738. The number of carbonyl (C=O) groups is 1. The molecule has 0 bridgehead atoms. The monoisotopic (exact) mass is 256 g/mol. The Morgan fingerprint density at radius 3 is 2.74 bits per heavy atom. The summed E-state index contributed by atoms with van der Waals surface area (Å²) < 4.78 is 0. The van der Waals surface area contributed by atoms with Crippen LogP contribution in [-0.4, -0.2) is 11.0 Å². The summed E-state index contributed by atoms with van der Waals surface area (Å²) in [5.41, 5.74) is 8.77. The van der Waals surface area contributed by atoms with E-state index in [1.165, 1.54) is 0 Å². The van der Waals surface area contributed by atoms with Crippen molar-refractivity contribution in [1.29, 1.82) is 0 Å². The van der Waals surface area contributed by atoms with Crippen LogP contribution in [0.1, 0.15) is 11.1 Å². The molecule has 0 aromatic heterocycles. The van der Waals surface area contributed by atoms with Gasteiger partial charge in [-0.05, 0) is 48.4 Å². The van der Waals surface area contributed by atoms with Crippen LogP contribution < -0.4 is 11.1 Å². The number of nitrogen functional groups attached to an aromatic ring is 1. The van der Waals surface area contributed by atoms with Gasteiger partial charge in [-0.3, -0.25) is 4.79 Å². The van der Waals surface area contributed by atoms with Crippen LogP contribution in [0.15, 0.2) is 42.5 Å². The molecule has 0 aliphatic carbocycles. The van der Waals surface area contributed by atoms with Crippen molar-refractivity contribution in [3.8, 4) is 5.75 Å². The second kappa shape index (κ2) is 5.44. The second-order valence-corrected chi connectivity index (χ2v) is 4.47. The Bertz CT molecular complexity index is 609. The molecule has 2 aromatic rings. The zero-order valence-electron chi connectivity index (χ0n) is 10.7. The summed E-state index contributed by atoms with van der Waals surface area (Å²) in [7, 11) is 0. The Kier molecular flexibility index (Phi) is 3.71. The van der Waals surface area contributed by atoms with Crippen molar-refractivity contribution in [3.05, 3.63) is 53.6 Å². The molecule has 0 aliphatic heterocycles. The summed E-state index contributed by atoms with van der Waals surface area (Å²) in [5, 5.41) is 12.2. The van der Waals surface area contributed by atoms with Crippen LogP contribution in [0.25, 0.3) is 0 Å². The van der Waals surface area contributed by atoms with Crippen molar-refractivity contribution < 1.29 is 9.90 Å². The fourth-order valence-corrected chi connectivity index (χ4v) is 1.87. The minimum atomic E-state index is -0.126. The first-order valence-corrected chi connectivity index (χ1v) is 5.98. The van der Waals surface area contributed by atoms with Crippen molar-refractivity contribution in [1.82, 2.24) is 0 Å². The van der Waals surface area contributed by atoms with E-state index in [9.17, 15) is 9.90 Å². The lowest BCUT2D eigenvalue weighted by atomic mass is 10.1. The van der Waals surface area contributed by atoms with Gasteiger partial charge in [0, 0.05) is 11.4 Å². The molecule has 0 heterocycles. The number of hydrogen-bond acceptors (Lipinski definition) is 3. The topological polar surface area (TPSA) is 75.3 Å². The number of anilines is 2. The van der Waals surface area contributed by atoms with Gasteiger partial charge in [0.15, 0.2) is 0 Å². The molecule has 4 N–H and O–H groups in total. The lowest BCUT2D eigenvalue weighted by Crippen LogP contribution is -2.15. The molecule has 1 amide bonds. The van der Waals surface area contributed by atoms with Crippen LogP contribution in [0, 0.1) is 6.92 Å². The minimum absolute atomic E-state index is 0.126. The molecular weight excluding hydrogens is 240 g/mol. The summed E-state index contributed by atoms with van der Waals surface area (Å²) in [6, 6.07) is 12.0. The van der Waals surface area contributed by atoms with Crippen LogP contribution in [0.2, 0.25) is 0 Å². The van der Waals surface area contributed by atoms with Gasteiger partial charge in [-0.1, -0.05) is 12.1 Å². The van der Waals surface area contributed by atoms with Gasteiger partial charge in [0.25, 0.3) is 0 Å². The lowest BCUT2D eigenvalue weighted by Gasteiger charge is -2.09. The lowest BCUT2D eigenvalue weighted by molar-refractivity contribution is -0.115. The summed E-state index contributed by atoms with van der Waals surface area (Å²) in [6.45, 7) is 1.89. The van der Waals surface area contributed by atoms with Gasteiger partial charge in [0.2, 0.25) is 5.91 Å². The first kappa shape index (κ1) is 13.0. The molecule has 98 valence electrons. The van der Waals surface area contributed by atoms with Gasteiger partial charge >= 0.3 is 0 Å². The Hall–Kier alpha value is -2.49. The first-order chi connectivity index (χ1) is 9.04. The maximum Gasteiger partial charge on any atom is 0.228 e. The third-order valence-corrected chi connectivity index (χ3v) is 2.80. The van der Waals surface area contributed by atoms with E-state index in [1.807, 2.05) is 13.0 Å². The van der Waals surface area contributed by atoms with Gasteiger partial charge in [0.05, 0.1) is 6.42 Å². The largest absolute Gasteiger partial charge is 0.508 e. The van der Waals surface area contributed by atoms with E-state index >= 15 is 0 Å². The average Bonchev–Trinajstić information content (AvgIpc) is 2.33. The van der Waals surface area contributed by atoms with Crippen LogP contribution in [0.3, 0.4) is 0 Å². The molecule has 0 fully saturated rings. The van der Waals surface area contributed by atoms with E-state index in [1.54, 1.807) is 36.4 Å². The Balaban J connectivity index is 2.05. The summed E-state index contributed by atoms with van der Waals surface area (Å²) in [4.78, 5) is 11.9. The highest BCUT2D eigenvalue weighted by Crippen LogP contribution is 2.18. The number of benzene rings is 2. The fourth-order valence-electron chi connectivity index (χ4n) is 1.87. The van der Waals surface area contributed by atoms with E-state index in [2.05, 4.69) is 5.32 Å². The van der Waals surface area contributed by atoms with Crippen LogP contribution >= 0.6 is 0 Å². The Morgan fingerprint density at radius 1 is 1.26 bits per heavy atom. The first-order valence-electron chi connectivity index (χ1n) is 5.98. The molecule has 2 rings (SSSR count). The third-order valence-electron chi connectivity index (χ3n) is 2.80. The molecule has 0 unspecified atom stereocenters. The zero-order valence-corrected chi connectivity index (χ0v) is 10.7. The molecule has 4 heteroatoms. The van der Waals surface area contributed by atoms with Crippen LogP contribution in [-0.2, 0) is 11.2 Å². The number of aromatic hydroxyl groups is 1. The fraction of sp³-hybridized carbons (Fsp3) is 0.133. The number of phenolic OH excluding ortho intramolecular Hbond substituents is 1. The smallest absolute Gasteiger partial charge is 0.228 e. The Morgan fingerprint density at radius 2 is 2.05 bits per heavy atom. The van der Waals surface area contributed by atoms with Gasteiger partial charge in [0.1, 0.15) is 5.75 Å². The highest BCUT2D eigenvalue weighted by atomic mass is 16.3. The average molecular weight is 256 g/mol. The van der Waals surface area contributed by atoms with E-state index in [4.69, 9.17) is 5.73 Å². The zero-order chi connectivity index (χ0) is 13.8. The highest BCUT2D eigenvalue weighted by molar-refractivity contribution is 5.93. The molecule has 0 saturated heterocycles. The molecule has 0 radical (unpaired) electrons. The summed E-state index contributed by atoms with van der Waals surface area (Å²) in [5.74, 6) is 0.0347. The number of nitrogens with one attached hydrogen (secondary N) is 1. The molecule has 19 heavy (non-hydrogen) atoms. The molecule has 4 nitrogen and oxygen atoms in total. The Labute approximate surface area is 111 Å². The van der Waals surface area contributed by atoms with Gasteiger partial charge < -0.3 is 16.2 Å². The van der Waals surface area contributed by atoms with E-state index in [0.717, 1.165) is 16.8 Å². The highest BCUT2D eigenvalue weighted by Gasteiger charge is 2.06. The predicted molar refractivity (Wildman–Crippen MR) is 76.0 cm³/mol. The standard InChI is InChI=1S/C15H16N2O2/c1-10-7-12(16)5-6-14(10)17-15(19)9-11-3-2-4-13(18)8-11/h2-8,18H,9,16H2,1H3,(H,17,19).